The standard InChI is InChI=1S/C14H16BrN3O2/c1-17(9-10-18-8-4-7-16-18)13(14(19)20)11-5-2-3-6-12(11)15/h2-8,13H,9-10H2,1H3,(H,19,20). The third-order valence-corrected chi connectivity index (χ3v) is 3.84. The highest BCUT2D eigenvalue weighted by Crippen LogP contribution is 2.27. The zero-order valence-corrected chi connectivity index (χ0v) is 12.7. The van der Waals surface area contributed by atoms with Gasteiger partial charge in [-0.1, -0.05) is 34.1 Å². The number of halogens is 1. The number of carbonyl (C=O) groups is 1. The number of carboxylic acids is 1. The van der Waals surface area contributed by atoms with Crippen LogP contribution in [-0.2, 0) is 11.3 Å². The van der Waals surface area contributed by atoms with Crippen molar-refractivity contribution in [2.45, 2.75) is 12.6 Å². The third-order valence-electron chi connectivity index (χ3n) is 3.12. The molecule has 20 heavy (non-hydrogen) atoms. The van der Waals surface area contributed by atoms with Crippen LogP contribution in [0.25, 0.3) is 0 Å². The van der Waals surface area contributed by atoms with Crippen LogP contribution in [0, 0.1) is 0 Å². The summed E-state index contributed by atoms with van der Waals surface area (Å²) in [6.45, 7) is 1.25. The zero-order chi connectivity index (χ0) is 14.5. The van der Waals surface area contributed by atoms with Gasteiger partial charge in [-0.15, -0.1) is 0 Å². The molecule has 1 N–H and O–H groups in total. The molecule has 0 aliphatic heterocycles. The maximum absolute atomic E-state index is 11.6. The fourth-order valence-electron chi connectivity index (χ4n) is 2.08. The van der Waals surface area contributed by atoms with E-state index in [4.69, 9.17) is 0 Å². The Kier molecular flexibility index (Phi) is 4.92. The maximum atomic E-state index is 11.6. The molecule has 2 aromatic rings. The Balaban J connectivity index is 2.12. The number of benzene rings is 1. The topological polar surface area (TPSA) is 58.4 Å². The maximum Gasteiger partial charge on any atom is 0.325 e. The molecule has 0 bridgehead atoms. The van der Waals surface area contributed by atoms with Crippen LogP contribution in [-0.4, -0.2) is 39.3 Å². The van der Waals surface area contributed by atoms with E-state index in [1.807, 2.05) is 48.5 Å². The van der Waals surface area contributed by atoms with E-state index < -0.39 is 12.0 Å². The second-order valence-corrected chi connectivity index (χ2v) is 5.37. The van der Waals surface area contributed by atoms with Crippen LogP contribution in [0.5, 0.6) is 0 Å². The highest BCUT2D eigenvalue weighted by Gasteiger charge is 2.26. The van der Waals surface area contributed by atoms with E-state index in [1.54, 1.807) is 10.9 Å². The minimum atomic E-state index is -0.861. The third kappa shape index (κ3) is 3.46. The van der Waals surface area contributed by atoms with E-state index in [2.05, 4.69) is 21.0 Å². The highest BCUT2D eigenvalue weighted by atomic mass is 79.9. The summed E-state index contributed by atoms with van der Waals surface area (Å²) < 4.78 is 2.59. The number of likely N-dealkylation sites (N-methyl/N-ethyl adjacent to an activating group) is 1. The van der Waals surface area contributed by atoms with Gasteiger partial charge in [0.1, 0.15) is 6.04 Å². The number of hydrogen-bond donors (Lipinski definition) is 1. The molecule has 6 heteroatoms. The first-order valence-corrected chi connectivity index (χ1v) is 7.04. The molecule has 1 unspecified atom stereocenters. The first-order chi connectivity index (χ1) is 9.59. The van der Waals surface area contributed by atoms with Gasteiger partial charge in [0.05, 0.1) is 6.54 Å². The Morgan fingerprint density at radius 2 is 2.20 bits per heavy atom. The van der Waals surface area contributed by atoms with Gasteiger partial charge in [0.15, 0.2) is 0 Å². The van der Waals surface area contributed by atoms with Crippen LogP contribution < -0.4 is 0 Å². The molecule has 1 heterocycles. The minimum absolute atomic E-state index is 0.597. The summed E-state index contributed by atoms with van der Waals surface area (Å²) in [5.41, 5.74) is 0.753. The quantitative estimate of drug-likeness (QED) is 0.879. The van der Waals surface area contributed by atoms with Crippen molar-refractivity contribution in [3.8, 4) is 0 Å². The monoisotopic (exact) mass is 337 g/mol. The summed E-state index contributed by atoms with van der Waals surface area (Å²) in [6, 6.07) is 8.57. The molecule has 1 aromatic heterocycles. The molecule has 2 rings (SSSR count). The van der Waals surface area contributed by atoms with E-state index in [1.165, 1.54) is 0 Å². The highest BCUT2D eigenvalue weighted by molar-refractivity contribution is 9.10. The van der Waals surface area contributed by atoms with Crippen molar-refractivity contribution in [1.29, 1.82) is 0 Å². The van der Waals surface area contributed by atoms with Gasteiger partial charge in [0.2, 0.25) is 0 Å². The van der Waals surface area contributed by atoms with Gasteiger partial charge in [-0.05, 0) is 24.7 Å². The average Bonchev–Trinajstić information content (AvgIpc) is 2.92. The summed E-state index contributed by atoms with van der Waals surface area (Å²) in [6.07, 6.45) is 3.57. The van der Waals surface area contributed by atoms with Crippen molar-refractivity contribution in [2.75, 3.05) is 13.6 Å². The van der Waals surface area contributed by atoms with E-state index in [9.17, 15) is 9.90 Å². The van der Waals surface area contributed by atoms with Crippen LogP contribution in [0.4, 0.5) is 0 Å². The average molecular weight is 338 g/mol. The van der Waals surface area contributed by atoms with Crippen molar-refractivity contribution < 1.29 is 9.90 Å². The largest absolute Gasteiger partial charge is 0.480 e. The van der Waals surface area contributed by atoms with Crippen LogP contribution in [0.1, 0.15) is 11.6 Å². The van der Waals surface area contributed by atoms with Crippen LogP contribution >= 0.6 is 15.9 Å². The summed E-state index contributed by atoms with van der Waals surface area (Å²) >= 11 is 3.42. The molecule has 1 atom stereocenters. The fraction of sp³-hybridized carbons (Fsp3) is 0.286. The van der Waals surface area contributed by atoms with Crippen LogP contribution in [0.3, 0.4) is 0 Å². The normalized spacial score (nSPS) is 12.6. The predicted molar refractivity (Wildman–Crippen MR) is 79.4 cm³/mol. The Bertz CT molecular complexity index is 572. The zero-order valence-electron chi connectivity index (χ0n) is 11.1. The Morgan fingerprint density at radius 1 is 1.45 bits per heavy atom. The number of carboxylic acid groups (broad SMARTS) is 1. The van der Waals surface area contributed by atoms with Crippen molar-refractivity contribution in [3.05, 3.63) is 52.8 Å². The Hall–Kier alpha value is -1.66. The van der Waals surface area contributed by atoms with Gasteiger partial charge in [0.25, 0.3) is 0 Å². The molecule has 0 fully saturated rings. The molecule has 0 radical (unpaired) electrons. The Morgan fingerprint density at radius 3 is 2.80 bits per heavy atom. The Labute approximate surface area is 126 Å². The molecular weight excluding hydrogens is 322 g/mol. The lowest BCUT2D eigenvalue weighted by atomic mass is 10.1. The lowest BCUT2D eigenvalue weighted by Crippen LogP contribution is -2.33. The van der Waals surface area contributed by atoms with E-state index in [0.29, 0.717) is 13.1 Å². The first-order valence-electron chi connectivity index (χ1n) is 6.24. The van der Waals surface area contributed by atoms with Crippen molar-refractivity contribution in [1.82, 2.24) is 14.7 Å². The number of aromatic nitrogens is 2. The summed E-state index contributed by atoms with van der Waals surface area (Å²) in [5.74, 6) is -0.861. The van der Waals surface area contributed by atoms with E-state index in [0.717, 1.165) is 10.0 Å². The van der Waals surface area contributed by atoms with Crippen molar-refractivity contribution >= 4 is 21.9 Å². The molecule has 5 nitrogen and oxygen atoms in total. The second kappa shape index (κ2) is 6.67. The van der Waals surface area contributed by atoms with Gasteiger partial charge < -0.3 is 5.11 Å². The molecule has 0 saturated carbocycles. The smallest absolute Gasteiger partial charge is 0.325 e. The molecule has 0 aliphatic rings. The molecule has 0 amide bonds. The first kappa shape index (κ1) is 14.7. The lowest BCUT2D eigenvalue weighted by Gasteiger charge is -2.25. The van der Waals surface area contributed by atoms with Gasteiger partial charge in [0, 0.05) is 23.4 Å². The summed E-state index contributed by atoms with van der Waals surface area (Å²) in [7, 11) is 1.81. The van der Waals surface area contributed by atoms with Gasteiger partial charge in [-0.3, -0.25) is 14.4 Å². The van der Waals surface area contributed by atoms with Crippen molar-refractivity contribution in [3.63, 3.8) is 0 Å². The molecule has 0 spiro atoms. The fourth-order valence-corrected chi connectivity index (χ4v) is 2.58. The number of hydrogen-bond acceptors (Lipinski definition) is 3. The SMILES string of the molecule is CN(CCn1cccn1)C(C(=O)O)c1ccccc1Br. The number of nitrogens with zero attached hydrogens (tertiary/aromatic N) is 3. The van der Waals surface area contributed by atoms with Crippen LogP contribution in [0.2, 0.25) is 0 Å². The molecule has 0 aliphatic carbocycles. The summed E-state index contributed by atoms with van der Waals surface area (Å²) in [4.78, 5) is 13.4. The predicted octanol–water partition coefficient (Wildman–Crippen LogP) is 2.40. The molecule has 1 aromatic carbocycles. The van der Waals surface area contributed by atoms with E-state index in [-0.39, 0.29) is 0 Å². The van der Waals surface area contributed by atoms with Gasteiger partial charge in [-0.2, -0.15) is 5.10 Å². The molecule has 106 valence electrons. The molecular formula is C14H16BrN3O2. The minimum Gasteiger partial charge on any atom is -0.480 e. The molecule has 0 saturated heterocycles. The van der Waals surface area contributed by atoms with Gasteiger partial charge >= 0.3 is 5.97 Å². The van der Waals surface area contributed by atoms with E-state index >= 15 is 0 Å². The van der Waals surface area contributed by atoms with Gasteiger partial charge in [-0.25, -0.2) is 0 Å². The second-order valence-electron chi connectivity index (χ2n) is 4.51. The van der Waals surface area contributed by atoms with Crippen LogP contribution in [0.15, 0.2) is 47.2 Å². The lowest BCUT2D eigenvalue weighted by molar-refractivity contribution is -0.143. The summed E-state index contributed by atoms with van der Waals surface area (Å²) in [5, 5.41) is 13.6. The van der Waals surface area contributed by atoms with Crippen molar-refractivity contribution in [2.24, 2.45) is 0 Å². The number of rotatable bonds is 6. The number of aliphatic carboxylic acids is 1.